The Kier molecular flexibility index (Phi) is 3.20. The normalized spacial score (nSPS) is 23.7. The van der Waals surface area contributed by atoms with E-state index in [0.717, 1.165) is 25.9 Å². The fourth-order valence-electron chi connectivity index (χ4n) is 2.15. The van der Waals surface area contributed by atoms with Crippen LogP contribution in [0.5, 0.6) is 0 Å². The maximum atomic E-state index is 12.0. The molecule has 0 spiro atoms. The van der Waals surface area contributed by atoms with Gasteiger partial charge in [0, 0.05) is 19.0 Å². The summed E-state index contributed by atoms with van der Waals surface area (Å²) in [7, 11) is 0. The molecule has 2 amide bonds. The largest absolute Gasteiger partial charge is 0.353 e. The molecule has 0 bridgehead atoms. The second-order valence-corrected chi connectivity index (χ2v) is 4.13. The van der Waals surface area contributed by atoms with Gasteiger partial charge in [-0.1, -0.05) is 0 Å². The van der Waals surface area contributed by atoms with Crippen LogP contribution in [0, 0.1) is 5.92 Å². The van der Waals surface area contributed by atoms with Crippen molar-refractivity contribution in [2.24, 2.45) is 5.92 Å². The van der Waals surface area contributed by atoms with Crippen molar-refractivity contribution >= 4 is 11.8 Å². The third-order valence-corrected chi connectivity index (χ3v) is 3.04. The Morgan fingerprint density at radius 3 is 2.67 bits per heavy atom. The Balaban J connectivity index is 1.90. The first kappa shape index (κ1) is 10.4. The number of hydrogen-bond acceptors (Lipinski definition) is 3. The van der Waals surface area contributed by atoms with Crippen LogP contribution < -0.4 is 10.6 Å². The molecule has 84 valence electrons. The number of nitrogens with zero attached hydrogens (tertiary/aromatic N) is 1. The van der Waals surface area contributed by atoms with E-state index in [9.17, 15) is 9.59 Å². The van der Waals surface area contributed by atoms with Crippen LogP contribution in [0.2, 0.25) is 0 Å². The predicted octanol–water partition coefficient (Wildman–Crippen LogP) is -1.06. The van der Waals surface area contributed by atoms with E-state index in [2.05, 4.69) is 10.6 Å². The summed E-state index contributed by atoms with van der Waals surface area (Å²) >= 11 is 0. The Morgan fingerprint density at radius 1 is 1.27 bits per heavy atom. The molecule has 2 saturated heterocycles. The molecule has 0 aromatic heterocycles. The third-order valence-electron chi connectivity index (χ3n) is 3.04. The minimum atomic E-state index is -0.0384. The number of nitrogens with one attached hydrogen (secondary N) is 2. The lowest BCUT2D eigenvalue weighted by molar-refractivity contribution is -0.142. The zero-order valence-corrected chi connectivity index (χ0v) is 8.79. The van der Waals surface area contributed by atoms with E-state index in [1.807, 2.05) is 0 Å². The van der Waals surface area contributed by atoms with Gasteiger partial charge in [0.1, 0.15) is 0 Å². The Labute approximate surface area is 89.2 Å². The molecule has 15 heavy (non-hydrogen) atoms. The Morgan fingerprint density at radius 2 is 2.00 bits per heavy atom. The Bertz CT molecular complexity index is 261. The summed E-state index contributed by atoms with van der Waals surface area (Å²) < 4.78 is 0. The fourth-order valence-corrected chi connectivity index (χ4v) is 2.15. The number of rotatable bonds is 1. The van der Waals surface area contributed by atoms with Gasteiger partial charge in [0.15, 0.2) is 0 Å². The van der Waals surface area contributed by atoms with Gasteiger partial charge in [-0.05, 0) is 25.9 Å². The maximum Gasteiger partial charge on any atom is 0.239 e. The molecular weight excluding hydrogens is 194 g/mol. The topological polar surface area (TPSA) is 61.4 Å². The average Bonchev–Trinajstić information content (AvgIpc) is 2.29. The summed E-state index contributed by atoms with van der Waals surface area (Å²) in [5.41, 5.74) is 0. The lowest BCUT2D eigenvalue weighted by Gasteiger charge is -2.31. The summed E-state index contributed by atoms with van der Waals surface area (Å²) in [5.74, 6) is 0.243. The smallest absolute Gasteiger partial charge is 0.239 e. The van der Waals surface area contributed by atoms with Crippen LogP contribution in [0.3, 0.4) is 0 Å². The molecule has 2 N–H and O–H groups in total. The molecular formula is C10H17N3O2. The monoisotopic (exact) mass is 211 g/mol. The zero-order valence-electron chi connectivity index (χ0n) is 8.79. The van der Waals surface area contributed by atoms with E-state index in [4.69, 9.17) is 0 Å². The molecule has 0 aromatic carbocycles. The van der Waals surface area contributed by atoms with Gasteiger partial charge in [-0.25, -0.2) is 0 Å². The van der Waals surface area contributed by atoms with Crippen molar-refractivity contribution in [3.63, 3.8) is 0 Å². The summed E-state index contributed by atoms with van der Waals surface area (Å²) in [6.45, 7) is 3.32. The molecule has 2 aliphatic rings. The van der Waals surface area contributed by atoms with Crippen LogP contribution in [-0.2, 0) is 9.59 Å². The number of carbonyl (C=O) groups excluding carboxylic acids is 2. The number of carbonyl (C=O) groups is 2. The highest BCUT2D eigenvalue weighted by atomic mass is 16.2. The minimum Gasteiger partial charge on any atom is -0.353 e. The van der Waals surface area contributed by atoms with E-state index in [1.165, 1.54) is 0 Å². The molecule has 0 unspecified atom stereocenters. The van der Waals surface area contributed by atoms with Crippen molar-refractivity contribution in [3.8, 4) is 0 Å². The molecule has 5 heteroatoms. The van der Waals surface area contributed by atoms with Crippen molar-refractivity contribution in [3.05, 3.63) is 0 Å². The van der Waals surface area contributed by atoms with E-state index in [-0.39, 0.29) is 24.3 Å². The molecule has 0 aromatic rings. The van der Waals surface area contributed by atoms with Crippen LogP contribution in [0.15, 0.2) is 0 Å². The lowest BCUT2D eigenvalue weighted by Crippen LogP contribution is -2.52. The second kappa shape index (κ2) is 4.61. The highest BCUT2D eigenvalue weighted by Gasteiger charge is 2.28. The van der Waals surface area contributed by atoms with Crippen molar-refractivity contribution in [2.75, 3.05) is 32.7 Å². The summed E-state index contributed by atoms with van der Waals surface area (Å²) in [5, 5.41) is 5.96. The number of hydrogen-bond donors (Lipinski definition) is 2. The van der Waals surface area contributed by atoms with Gasteiger partial charge < -0.3 is 15.5 Å². The van der Waals surface area contributed by atoms with E-state index in [1.54, 1.807) is 4.90 Å². The van der Waals surface area contributed by atoms with E-state index >= 15 is 0 Å². The van der Waals surface area contributed by atoms with Crippen LogP contribution >= 0.6 is 0 Å². The van der Waals surface area contributed by atoms with Gasteiger partial charge in [-0.3, -0.25) is 9.59 Å². The van der Waals surface area contributed by atoms with Crippen molar-refractivity contribution in [1.29, 1.82) is 0 Å². The standard InChI is InChI=1S/C10H17N3O2/c14-9-7-13(6-5-12-9)10(15)8-1-3-11-4-2-8/h8,11H,1-7H2,(H,12,14). The van der Waals surface area contributed by atoms with Gasteiger partial charge in [-0.15, -0.1) is 0 Å². The molecule has 2 heterocycles. The van der Waals surface area contributed by atoms with Gasteiger partial charge >= 0.3 is 0 Å². The van der Waals surface area contributed by atoms with Crippen LogP contribution in [0.25, 0.3) is 0 Å². The summed E-state index contributed by atoms with van der Waals surface area (Å²) in [6.07, 6.45) is 1.80. The number of piperazine rings is 1. The molecule has 2 fully saturated rings. The molecule has 0 saturated carbocycles. The quantitative estimate of drug-likeness (QED) is 0.581. The molecule has 0 atom stereocenters. The van der Waals surface area contributed by atoms with Crippen molar-refractivity contribution in [1.82, 2.24) is 15.5 Å². The van der Waals surface area contributed by atoms with Gasteiger partial charge in [0.05, 0.1) is 6.54 Å². The van der Waals surface area contributed by atoms with Gasteiger partial charge in [-0.2, -0.15) is 0 Å². The third kappa shape index (κ3) is 2.47. The van der Waals surface area contributed by atoms with E-state index in [0.29, 0.717) is 13.1 Å². The molecule has 2 aliphatic heterocycles. The number of piperidine rings is 1. The molecule has 5 nitrogen and oxygen atoms in total. The predicted molar refractivity (Wildman–Crippen MR) is 55.2 cm³/mol. The molecule has 2 rings (SSSR count). The average molecular weight is 211 g/mol. The summed E-state index contributed by atoms with van der Waals surface area (Å²) in [6, 6.07) is 0. The maximum absolute atomic E-state index is 12.0. The highest BCUT2D eigenvalue weighted by Crippen LogP contribution is 2.15. The molecule has 0 aliphatic carbocycles. The van der Waals surface area contributed by atoms with Crippen molar-refractivity contribution < 1.29 is 9.59 Å². The first-order valence-electron chi connectivity index (χ1n) is 5.53. The summed E-state index contributed by atoms with van der Waals surface area (Å²) in [4.78, 5) is 24.8. The SMILES string of the molecule is O=C1CN(C(=O)C2CCNCC2)CCN1. The first-order valence-corrected chi connectivity index (χ1v) is 5.53. The second-order valence-electron chi connectivity index (χ2n) is 4.13. The zero-order chi connectivity index (χ0) is 10.7. The first-order chi connectivity index (χ1) is 7.27. The van der Waals surface area contributed by atoms with E-state index < -0.39 is 0 Å². The van der Waals surface area contributed by atoms with Crippen molar-refractivity contribution in [2.45, 2.75) is 12.8 Å². The Hall–Kier alpha value is -1.10. The number of amides is 2. The van der Waals surface area contributed by atoms with Crippen LogP contribution in [-0.4, -0.2) is 49.4 Å². The minimum absolute atomic E-state index is 0.0384. The molecule has 0 radical (unpaired) electrons. The lowest BCUT2D eigenvalue weighted by atomic mass is 9.96. The van der Waals surface area contributed by atoms with Crippen LogP contribution in [0.1, 0.15) is 12.8 Å². The fraction of sp³-hybridized carbons (Fsp3) is 0.800. The van der Waals surface area contributed by atoms with Gasteiger partial charge in [0.25, 0.3) is 0 Å². The van der Waals surface area contributed by atoms with Crippen LogP contribution in [0.4, 0.5) is 0 Å². The van der Waals surface area contributed by atoms with Gasteiger partial charge in [0.2, 0.25) is 11.8 Å². The highest BCUT2D eigenvalue weighted by molar-refractivity contribution is 5.87.